The standard InChI is InChI=1S/C11H19N5O/c12-10-8-13-9-15-11(10)14-2-1-3-16-4-6-17-7-5-16/h8-9H,1-7,12H2,(H,13,14,15). The van der Waals surface area contributed by atoms with Crippen molar-refractivity contribution < 1.29 is 4.74 Å². The van der Waals surface area contributed by atoms with Crippen LogP contribution in [0.15, 0.2) is 12.5 Å². The second-order valence-corrected chi connectivity index (χ2v) is 4.06. The van der Waals surface area contributed by atoms with Gasteiger partial charge in [-0.15, -0.1) is 0 Å². The molecular weight excluding hydrogens is 218 g/mol. The molecule has 6 nitrogen and oxygen atoms in total. The Morgan fingerprint density at radius 1 is 1.41 bits per heavy atom. The summed E-state index contributed by atoms with van der Waals surface area (Å²) in [5, 5.41) is 3.22. The van der Waals surface area contributed by atoms with Crippen LogP contribution in [-0.4, -0.2) is 54.3 Å². The fraction of sp³-hybridized carbons (Fsp3) is 0.636. The highest BCUT2D eigenvalue weighted by Crippen LogP contribution is 2.10. The number of nitrogens with two attached hydrogens (primary N) is 1. The second kappa shape index (κ2) is 6.36. The lowest BCUT2D eigenvalue weighted by molar-refractivity contribution is 0.0378. The van der Waals surface area contributed by atoms with Crippen molar-refractivity contribution >= 4 is 11.5 Å². The highest BCUT2D eigenvalue weighted by atomic mass is 16.5. The molecule has 1 aromatic rings. The lowest BCUT2D eigenvalue weighted by Crippen LogP contribution is -2.37. The van der Waals surface area contributed by atoms with Gasteiger partial charge in [-0.05, 0) is 13.0 Å². The summed E-state index contributed by atoms with van der Waals surface area (Å²) < 4.78 is 5.30. The number of hydrogen-bond acceptors (Lipinski definition) is 6. The topological polar surface area (TPSA) is 76.3 Å². The first-order chi connectivity index (χ1) is 8.36. The van der Waals surface area contributed by atoms with Crippen LogP contribution in [-0.2, 0) is 4.74 Å². The molecule has 3 N–H and O–H groups in total. The quantitative estimate of drug-likeness (QED) is 0.712. The van der Waals surface area contributed by atoms with E-state index in [4.69, 9.17) is 10.5 Å². The molecule has 17 heavy (non-hydrogen) atoms. The smallest absolute Gasteiger partial charge is 0.152 e. The van der Waals surface area contributed by atoms with Crippen molar-refractivity contribution in [1.82, 2.24) is 14.9 Å². The minimum atomic E-state index is 0.596. The lowest BCUT2D eigenvalue weighted by Gasteiger charge is -2.26. The zero-order chi connectivity index (χ0) is 11.9. The fourth-order valence-electron chi connectivity index (χ4n) is 1.82. The van der Waals surface area contributed by atoms with Crippen LogP contribution in [0.2, 0.25) is 0 Å². The lowest BCUT2D eigenvalue weighted by atomic mass is 10.3. The highest BCUT2D eigenvalue weighted by Gasteiger charge is 2.09. The summed E-state index contributed by atoms with van der Waals surface area (Å²) in [6, 6.07) is 0. The molecule has 1 aliphatic rings. The summed E-state index contributed by atoms with van der Waals surface area (Å²) in [5.74, 6) is 0.724. The van der Waals surface area contributed by atoms with E-state index in [0.717, 1.165) is 51.6 Å². The average molecular weight is 237 g/mol. The Morgan fingerprint density at radius 3 is 3.00 bits per heavy atom. The van der Waals surface area contributed by atoms with Crippen LogP contribution in [0.4, 0.5) is 11.5 Å². The highest BCUT2D eigenvalue weighted by molar-refractivity contribution is 5.58. The molecule has 0 bridgehead atoms. The molecule has 0 unspecified atom stereocenters. The van der Waals surface area contributed by atoms with Crippen LogP contribution < -0.4 is 11.1 Å². The van der Waals surface area contributed by atoms with Crippen molar-refractivity contribution in [3.63, 3.8) is 0 Å². The fourth-order valence-corrected chi connectivity index (χ4v) is 1.82. The zero-order valence-corrected chi connectivity index (χ0v) is 9.93. The third-order valence-electron chi connectivity index (χ3n) is 2.79. The molecule has 0 saturated carbocycles. The van der Waals surface area contributed by atoms with Crippen molar-refractivity contribution in [2.45, 2.75) is 6.42 Å². The van der Waals surface area contributed by atoms with Gasteiger partial charge < -0.3 is 15.8 Å². The number of nitrogen functional groups attached to an aromatic ring is 1. The van der Waals surface area contributed by atoms with E-state index in [-0.39, 0.29) is 0 Å². The summed E-state index contributed by atoms with van der Waals surface area (Å²) in [7, 11) is 0. The largest absolute Gasteiger partial charge is 0.394 e. The number of nitrogens with zero attached hydrogens (tertiary/aromatic N) is 3. The van der Waals surface area contributed by atoms with Gasteiger partial charge in [0.1, 0.15) is 6.33 Å². The van der Waals surface area contributed by atoms with Gasteiger partial charge in [0.25, 0.3) is 0 Å². The maximum absolute atomic E-state index is 5.73. The summed E-state index contributed by atoms with van der Waals surface area (Å²) in [6.45, 7) is 5.74. The van der Waals surface area contributed by atoms with Crippen LogP contribution in [0.5, 0.6) is 0 Å². The number of morpholine rings is 1. The molecule has 0 aromatic carbocycles. The molecule has 0 radical (unpaired) electrons. The molecule has 0 amide bonds. The molecule has 0 atom stereocenters. The van der Waals surface area contributed by atoms with E-state index in [1.807, 2.05) is 0 Å². The minimum absolute atomic E-state index is 0.596. The van der Waals surface area contributed by atoms with E-state index in [1.54, 1.807) is 6.20 Å². The minimum Gasteiger partial charge on any atom is -0.394 e. The number of ether oxygens (including phenoxy) is 1. The van der Waals surface area contributed by atoms with Crippen molar-refractivity contribution in [2.75, 3.05) is 50.4 Å². The molecule has 2 rings (SSSR count). The predicted octanol–water partition coefficient (Wildman–Crippen LogP) is 0.193. The van der Waals surface area contributed by atoms with Crippen LogP contribution in [0, 0.1) is 0 Å². The van der Waals surface area contributed by atoms with E-state index < -0.39 is 0 Å². The number of nitrogens with one attached hydrogen (secondary N) is 1. The summed E-state index contributed by atoms with van der Waals surface area (Å²) >= 11 is 0. The molecule has 1 saturated heterocycles. The third kappa shape index (κ3) is 3.83. The first-order valence-corrected chi connectivity index (χ1v) is 5.96. The molecule has 0 aliphatic carbocycles. The van der Waals surface area contributed by atoms with Gasteiger partial charge in [-0.2, -0.15) is 0 Å². The monoisotopic (exact) mass is 237 g/mol. The number of anilines is 2. The van der Waals surface area contributed by atoms with E-state index in [1.165, 1.54) is 6.33 Å². The van der Waals surface area contributed by atoms with Gasteiger partial charge in [-0.3, -0.25) is 4.90 Å². The first-order valence-electron chi connectivity index (χ1n) is 5.96. The van der Waals surface area contributed by atoms with E-state index in [2.05, 4.69) is 20.2 Å². The van der Waals surface area contributed by atoms with Gasteiger partial charge in [0, 0.05) is 19.6 Å². The maximum atomic E-state index is 5.73. The molecule has 2 heterocycles. The van der Waals surface area contributed by atoms with Gasteiger partial charge in [0.15, 0.2) is 5.82 Å². The van der Waals surface area contributed by atoms with Crippen LogP contribution in [0.3, 0.4) is 0 Å². The molecular formula is C11H19N5O. The molecule has 1 aromatic heterocycles. The van der Waals surface area contributed by atoms with Gasteiger partial charge in [-0.1, -0.05) is 0 Å². The van der Waals surface area contributed by atoms with Crippen molar-refractivity contribution in [3.05, 3.63) is 12.5 Å². The number of rotatable bonds is 5. The Morgan fingerprint density at radius 2 is 2.24 bits per heavy atom. The number of hydrogen-bond donors (Lipinski definition) is 2. The summed E-state index contributed by atoms with van der Waals surface area (Å²) in [6.07, 6.45) is 4.18. The Hall–Kier alpha value is -1.40. The van der Waals surface area contributed by atoms with E-state index in [9.17, 15) is 0 Å². The SMILES string of the molecule is Nc1cncnc1NCCCN1CCOCC1. The van der Waals surface area contributed by atoms with Crippen LogP contribution in [0.1, 0.15) is 6.42 Å². The average Bonchev–Trinajstić information content (AvgIpc) is 2.38. The Bertz CT molecular complexity index is 340. The summed E-state index contributed by atoms with van der Waals surface area (Å²) in [5.41, 5.74) is 6.33. The number of aromatic nitrogens is 2. The molecule has 94 valence electrons. The van der Waals surface area contributed by atoms with Gasteiger partial charge in [0.2, 0.25) is 0 Å². The van der Waals surface area contributed by atoms with Crippen LogP contribution >= 0.6 is 0 Å². The van der Waals surface area contributed by atoms with Crippen molar-refractivity contribution in [2.24, 2.45) is 0 Å². The first kappa shape index (κ1) is 12.1. The van der Waals surface area contributed by atoms with Crippen molar-refractivity contribution in [1.29, 1.82) is 0 Å². The molecule has 6 heteroatoms. The maximum Gasteiger partial charge on any atom is 0.152 e. The second-order valence-electron chi connectivity index (χ2n) is 4.06. The van der Waals surface area contributed by atoms with E-state index >= 15 is 0 Å². The normalized spacial score (nSPS) is 16.9. The third-order valence-corrected chi connectivity index (χ3v) is 2.79. The Balaban J connectivity index is 1.64. The summed E-state index contributed by atoms with van der Waals surface area (Å²) in [4.78, 5) is 10.3. The van der Waals surface area contributed by atoms with Gasteiger partial charge in [-0.25, -0.2) is 9.97 Å². The predicted molar refractivity (Wildman–Crippen MR) is 66.8 cm³/mol. The Labute approximate surface area is 101 Å². The zero-order valence-electron chi connectivity index (χ0n) is 9.93. The molecule has 1 fully saturated rings. The molecule has 0 spiro atoms. The van der Waals surface area contributed by atoms with E-state index in [0.29, 0.717) is 5.69 Å². The van der Waals surface area contributed by atoms with Gasteiger partial charge in [0.05, 0.1) is 25.1 Å². The Kier molecular flexibility index (Phi) is 4.52. The van der Waals surface area contributed by atoms with Gasteiger partial charge >= 0.3 is 0 Å². The van der Waals surface area contributed by atoms with Crippen molar-refractivity contribution in [3.8, 4) is 0 Å². The van der Waals surface area contributed by atoms with Crippen LogP contribution in [0.25, 0.3) is 0 Å². The molecule has 1 aliphatic heterocycles.